The molecule has 1 aliphatic carbocycles. The van der Waals surface area contributed by atoms with Crippen LogP contribution in [-0.2, 0) is 4.74 Å². The second kappa shape index (κ2) is 5.17. The second-order valence-electron chi connectivity index (χ2n) is 4.33. The maximum Gasteiger partial charge on any atom is 0.0877 e. The van der Waals surface area contributed by atoms with E-state index in [1.54, 1.807) is 7.11 Å². The molecule has 2 rings (SSSR count). The maximum absolute atomic E-state index is 6.00. The van der Waals surface area contributed by atoms with E-state index < -0.39 is 0 Å². The van der Waals surface area contributed by atoms with Crippen molar-refractivity contribution in [3.63, 3.8) is 0 Å². The van der Waals surface area contributed by atoms with E-state index in [-0.39, 0.29) is 6.04 Å². The molecule has 1 atom stereocenters. The molecule has 1 N–H and O–H groups in total. The summed E-state index contributed by atoms with van der Waals surface area (Å²) >= 11 is 6.00. The zero-order valence-corrected chi connectivity index (χ0v) is 10.5. The maximum atomic E-state index is 6.00. The highest BCUT2D eigenvalue weighted by Gasteiger charge is 2.23. The Morgan fingerprint density at radius 3 is 2.94 bits per heavy atom. The summed E-state index contributed by atoms with van der Waals surface area (Å²) in [6.45, 7) is 3.45. The number of nitrogens with one attached hydrogen (secondary N) is 1. The largest absolute Gasteiger partial charge is 0.382 e. The first-order chi connectivity index (χ1) is 7.70. The highest BCUT2D eigenvalue weighted by atomic mass is 35.5. The van der Waals surface area contributed by atoms with Crippen LogP contribution >= 0.6 is 11.6 Å². The van der Waals surface area contributed by atoms with Crippen LogP contribution in [0.15, 0.2) is 6.20 Å². The molecule has 1 unspecified atom stereocenters. The zero-order valence-electron chi connectivity index (χ0n) is 9.74. The van der Waals surface area contributed by atoms with Crippen molar-refractivity contribution in [2.75, 3.05) is 20.3 Å². The van der Waals surface area contributed by atoms with Gasteiger partial charge in [0, 0.05) is 25.9 Å². The summed E-state index contributed by atoms with van der Waals surface area (Å²) in [6, 6.07) is 0.920. The molecule has 1 aromatic heterocycles. The van der Waals surface area contributed by atoms with Crippen LogP contribution in [0.25, 0.3) is 0 Å². The van der Waals surface area contributed by atoms with Gasteiger partial charge >= 0.3 is 0 Å². The topological polar surface area (TPSA) is 39.1 Å². The van der Waals surface area contributed by atoms with Crippen LogP contribution in [0.4, 0.5) is 0 Å². The minimum absolute atomic E-state index is 0.219. The molecule has 0 spiro atoms. The summed E-state index contributed by atoms with van der Waals surface area (Å²) in [5, 5.41) is 8.59. The van der Waals surface area contributed by atoms with Gasteiger partial charge in [0.15, 0.2) is 0 Å². The van der Waals surface area contributed by atoms with Gasteiger partial charge in [-0.25, -0.2) is 0 Å². The molecule has 16 heavy (non-hydrogen) atoms. The first-order valence-corrected chi connectivity index (χ1v) is 6.02. The summed E-state index contributed by atoms with van der Waals surface area (Å²) in [6.07, 6.45) is 4.45. The highest BCUT2D eigenvalue weighted by Crippen LogP contribution is 2.20. The van der Waals surface area contributed by atoms with Gasteiger partial charge in [0.2, 0.25) is 0 Å². The highest BCUT2D eigenvalue weighted by molar-refractivity contribution is 6.31. The fourth-order valence-corrected chi connectivity index (χ4v) is 1.80. The second-order valence-corrected chi connectivity index (χ2v) is 4.74. The number of nitrogens with zero attached hydrogens (tertiary/aromatic N) is 2. The van der Waals surface area contributed by atoms with Crippen LogP contribution < -0.4 is 5.32 Å². The molecule has 90 valence electrons. The van der Waals surface area contributed by atoms with Crippen LogP contribution in [0.1, 0.15) is 24.6 Å². The van der Waals surface area contributed by atoms with Crippen LogP contribution in [0.2, 0.25) is 5.02 Å². The Morgan fingerprint density at radius 1 is 1.69 bits per heavy atom. The Labute approximate surface area is 101 Å². The van der Waals surface area contributed by atoms with Crippen LogP contribution in [-0.4, -0.2) is 36.1 Å². The number of ether oxygens (including phenoxy) is 1. The quantitative estimate of drug-likeness (QED) is 0.828. The van der Waals surface area contributed by atoms with E-state index in [2.05, 4.69) is 10.4 Å². The fourth-order valence-electron chi connectivity index (χ4n) is 1.66. The molecule has 0 radical (unpaired) electrons. The van der Waals surface area contributed by atoms with Gasteiger partial charge in [0.05, 0.1) is 23.4 Å². The van der Waals surface area contributed by atoms with Crippen molar-refractivity contribution in [3.05, 3.63) is 16.9 Å². The van der Waals surface area contributed by atoms with E-state index >= 15 is 0 Å². The summed E-state index contributed by atoms with van der Waals surface area (Å²) < 4.78 is 7.12. The molecule has 1 fully saturated rings. The molecule has 1 heterocycles. The van der Waals surface area contributed by atoms with Gasteiger partial charge in [0.25, 0.3) is 0 Å². The molecule has 0 amide bonds. The van der Waals surface area contributed by atoms with E-state index in [9.17, 15) is 0 Å². The van der Waals surface area contributed by atoms with Crippen molar-refractivity contribution in [1.82, 2.24) is 15.1 Å². The molecule has 0 aromatic carbocycles. The first kappa shape index (κ1) is 11.9. The summed E-state index contributed by atoms with van der Waals surface area (Å²) in [4.78, 5) is 0. The summed E-state index contributed by atoms with van der Waals surface area (Å²) in [5.41, 5.74) is 0.870. The third-order valence-corrected chi connectivity index (χ3v) is 3.18. The van der Waals surface area contributed by atoms with E-state index in [1.165, 1.54) is 12.8 Å². The van der Waals surface area contributed by atoms with Gasteiger partial charge in [-0.1, -0.05) is 11.6 Å². The van der Waals surface area contributed by atoms with Gasteiger partial charge in [-0.3, -0.25) is 4.68 Å². The van der Waals surface area contributed by atoms with Crippen molar-refractivity contribution < 1.29 is 4.74 Å². The third kappa shape index (κ3) is 2.97. The molecular formula is C11H18ClN3O. The van der Waals surface area contributed by atoms with Crippen molar-refractivity contribution in [2.45, 2.75) is 31.8 Å². The lowest BCUT2D eigenvalue weighted by atomic mass is 10.3. The van der Waals surface area contributed by atoms with Crippen LogP contribution in [0.5, 0.6) is 0 Å². The van der Waals surface area contributed by atoms with E-state index in [0.717, 1.165) is 12.2 Å². The Hall–Kier alpha value is -0.580. The number of aromatic nitrogens is 2. The molecule has 1 aliphatic rings. The average molecular weight is 244 g/mol. The predicted octanol–water partition coefficient (Wildman–Crippen LogP) is 1.78. The minimum Gasteiger partial charge on any atom is -0.382 e. The molecule has 4 nitrogen and oxygen atoms in total. The predicted molar refractivity (Wildman–Crippen MR) is 63.9 cm³/mol. The lowest BCUT2D eigenvalue weighted by Gasteiger charge is -2.17. The van der Waals surface area contributed by atoms with E-state index in [1.807, 2.05) is 17.8 Å². The number of rotatable bonds is 6. The lowest BCUT2D eigenvalue weighted by Crippen LogP contribution is -2.30. The van der Waals surface area contributed by atoms with Crippen molar-refractivity contribution in [2.24, 2.45) is 0 Å². The van der Waals surface area contributed by atoms with E-state index in [0.29, 0.717) is 17.7 Å². The smallest absolute Gasteiger partial charge is 0.0877 e. The third-order valence-electron chi connectivity index (χ3n) is 2.81. The van der Waals surface area contributed by atoms with Crippen LogP contribution in [0, 0.1) is 6.92 Å². The van der Waals surface area contributed by atoms with Gasteiger partial charge in [-0.15, -0.1) is 0 Å². The molecule has 5 heteroatoms. The molecule has 1 saturated carbocycles. The van der Waals surface area contributed by atoms with Crippen molar-refractivity contribution in [1.29, 1.82) is 0 Å². The lowest BCUT2D eigenvalue weighted by molar-refractivity contribution is 0.148. The number of aryl methyl sites for hydroxylation is 1. The fraction of sp³-hybridized carbons (Fsp3) is 0.727. The van der Waals surface area contributed by atoms with Gasteiger partial charge in [-0.2, -0.15) is 5.10 Å². The van der Waals surface area contributed by atoms with E-state index in [4.69, 9.17) is 16.3 Å². The SMILES string of the molecule is COCC(CNC1CC1)n1cc(Cl)c(C)n1. The Kier molecular flexibility index (Phi) is 3.84. The Balaban J connectivity index is 1.98. The average Bonchev–Trinajstić information content (AvgIpc) is 3.01. The number of hydrogen-bond acceptors (Lipinski definition) is 3. The van der Waals surface area contributed by atoms with Crippen molar-refractivity contribution >= 4 is 11.6 Å². The van der Waals surface area contributed by atoms with Gasteiger partial charge in [-0.05, 0) is 19.8 Å². The first-order valence-electron chi connectivity index (χ1n) is 5.64. The molecule has 1 aromatic rings. The molecule has 0 bridgehead atoms. The number of methoxy groups -OCH3 is 1. The Morgan fingerprint density at radius 2 is 2.44 bits per heavy atom. The minimum atomic E-state index is 0.219. The van der Waals surface area contributed by atoms with Gasteiger partial charge in [0.1, 0.15) is 0 Å². The molecule has 0 saturated heterocycles. The number of hydrogen-bond donors (Lipinski definition) is 1. The van der Waals surface area contributed by atoms with Crippen LogP contribution in [0.3, 0.4) is 0 Å². The summed E-state index contributed by atoms with van der Waals surface area (Å²) in [5.74, 6) is 0. The monoisotopic (exact) mass is 243 g/mol. The normalized spacial score (nSPS) is 17.7. The molecular weight excluding hydrogens is 226 g/mol. The zero-order chi connectivity index (χ0) is 11.5. The van der Waals surface area contributed by atoms with Gasteiger partial charge < -0.3 is 10.1 Å². The Bertz CT molecular complexity index is 329. The summed E-state index contributed by atoms with van der Waals surface area (Å²) in [7, 11) is 1.71. The van der Waals surface area contributed by atoms with Crippen molar-refractivity contribution in [3.8, 4) is 0 Å². The standard InChI is InChI=1S/C11H18ClN3O/c1-8-11(12)6-15(14-8)10(7-16-2)5-13-9-3-4-9/h6,9-10,13H,3-5,7H2,1-2H3. The molecule has 0 aliphatic heterocycles. The number of halogens is 1.